The second-order valence-corrected chi connectivity index (χ2v) is 9.22. The SMILES string of the molecule is COc1cccc2c1C(=NC1(C(=O)OC(C)(C)C)NCCN1C(=O)OC(C)(C)C)N=N2. The van der Waals surface area contributed by atoms with Crippen LogP contribution in [0.2, 0.25) is 0 Å². The van der Waals surface area contributed by atoms with Crippen molar-refractivity contribution < 1.29 is 23.8 Å². The molecule has 10 heteroatoms. The summed E-state index contributed by atoms with van der Waals surface area (Å²) in [5, 5.41) is 11.3. The predicted molar refractivity (Wildman–Crippen MR) is 114 cm³/mol. The molecule has 1 N–H and O–H groups in total. The molecule has 2 aliphatic rings. The van der Waals surface area contributed by atoms with Gasteiger partial charge in [-0.3, -0.25) is 10.2 Å². The number of amides is 1. The largest absolute Gasteiger partial charge is 0.496 e. The Morgan fingerprint density at radius 3 is 2.39 bits per heavy atom. The van der Waals surface area contributed by atoms with Crippen LogP contribution in [0.15, 0.2) is 33.4 Å². The van der Waals surface area contributed by atoms with Gasteiger partial charge in [0.2, 0.25) is 0 Å². The number of amidine groups is 1. The van der Waals surface area contributed by atoms with Crippen molar-refractivity contribution in [2.75, 3.05) is 20.2 Å². The number of nitrogens with one attached hydrogen (secondary N) is 1. The van der Waals surface area contributed by atoms with Crippen LogP contribution in [0.4, 0.5) is 10.5 Å². The lowest BCUT2D eigenvalue weighted by Crippen LogP contribution is -2.61. The third-order valence-corrected chi connectivity index (χ3v) is 4.36. The van der Waals surface area contributed by atoms with E-state index in [2.05, 4.69) is 20.5 Å². The maximum absolute atomic E-state index is 13.4. The molecule has 3 rings (SSSR count). The number of aliphatic imine (C=N–C) groups is 1. The Kier molecular flexibility index (Phi) is 5.79. The molecule has 0 saturated carbocycles. The number of azo groups is 1. The van der Waals surface area contributed by atoms with Crippen molar-refractivity contribution in [2.24, 2.45) is 15.2 Å². The van der Waals surface area contributed by atoms with Crippen LogP contribution in [0.5, 0.6) is 5.75 Å². The summed E-state index contributed by atoms with van der Waals surface area (Å²) >= 11 is 0. The van der Waals surface area contributed by atoms with E-state index in [1.54, 1.807) is 59.7 Å². The fourth-order valence-electron chi connectivity index (χ4n) is 3.20. The molecular formula is C21H29N5O5. The van der Waals surface area contributed by atoms with Gasteiger partial charge in [-0.05, 0) is 53.7 Å². The number of benzene rings is 1. The molecule has 0 radical (unpaired) electrons. The highest BCUT2D eigenvalue weighted by Crippen LogP contribution is 2.36. The summed E-state index contributed by atoms with van der Waals surface area (Å²) in [6, 6.07) is 5.29. The van der Waals surface area contributed by atoms with E-state index in [-0.39, 0.29) is 12.4 Å². The maximum Gasteiger partial charge on any atom is 0.413 e. The average molecular weight is 431 g/mol. The molecule has 1 saturated heterocycles. The third kappa shape index (κ3) is 4.68. The van der Waals surface area contributed by atoms with E-state index in [1.165, 1.54) is 12.0 Å². The number of hydrogen-bond donors (Lipinski definition) is 1. The van der Waals surface area contributed by atoms with Gasteiger partial charge in [-0.25, -0.2) is 14.6 Å². The van der Waals surface area contributed by atoms with Crippen LogP contribution in [0, 0.1) is 0 Å². The van der Waals surface area contributed by atoms with E-state index in [9.17, 15) is 9.59 Å². The van der Waals surface area contributed by atoms with Gasteiger partial charge >= 0.3 is 12.1 Å². The number of rotatable bonds is 3. The third-order valence-electron chi connectivity index (χ3n) is 4.36. The van der Waals surface area contributed by atoms with Gasteiger partial charge in [-0.2, -0.15) is 0 Å². The van der Waals surface area contributed by atoms with Crippen LogP contribution < -0.4 is 10.1 Å². The quantitative estimate of drug-likeness (QED) is 0.734. The molecule has 1 aromatic rings. The molecule has 168 valence electrons. The molecule has 0 aliphatic carbocycles. The lowest BCUT2D eigenvalue weighted by Gasteiger charge is -2.35. The molecule has 10 nitrogen and oxygen atoms in total. The molecule has 0 spiro atoms. The van der Waals surface area contributed by atoms with Gasteiger partial charge in [-0.1, -0.05) is 6.07 Å². The highest BCUT2D eigenvalue weighted by Gasteiger charge is 2.54. The Bertz CT molecular complexity index is 944. The molecular weight excluding hydrogens is 402 g/mol. The van der Waals surface area contributed by atoms with Crippen molar-refractivity contribution in [1.82, 2.24) is 10.2 Å². The Morgan fingerprint density at radius 1 is 1.10 bits per heavy atom. The van der Waals surface area contributed by atoms with Gasteiger partial charge in [0.15, 0.2) is 5.84 Å². The standard InChI is InChI=1S/C21H29N5O5/c1-19(2,3)30-17(27)21(22-11-12-26(21)18(28)31-20(4,5)6)23-16-15-13(24-25-16)9-8-10-14(15)29-7/h8-10,22H,11-12H2,1-7H3. The molecule has 2 heterocycles. The van der Waals surface area contributed by atoms with Crippen molar-refractivity contribution >= 4 is 23.6 Å². The summed E-state index contributed by atoms with van der Waals surface area (Å²) in [5.41, 5.74) is -0.471. The first-order chi connectivity index (χ1) is 14.4. The zero-order chi connectivity index (χ0) is 23.0. The molecule has 31 heavy (non-hydrogen) atoms. The van der Waals surface area contributed by atoms with Crippen LogP contribution in [0.25, 0.3) is 0 Å². The summed E-state index contributed by atoms with van der Waals surface area (Å²) < 4.78 is 16.6. The molecule has 2 aliphatic heterocycles. The second kappa shape index (κ2) is 7.92. The fourth-order valence-corrected chi connectivity index (χ4v) is 3.20. The Morgan fingerprint density at radius 2 is 1.77 bits per heavy atom. The molecule has 1 aromatic carbocycles. The minimum atomic E-state index is -1.85. The number of nitrogens with zero attached hydrogens (tertiary/aromatic N) is 4. The van der Waals surface area contributed by atoms with Crippen molar-refractivity contribution in [2.45, 2.75) is 58.5 Å². The van der Waals surface area contributed by atoms with Crippen molar-refractivity contribution in [3.05, 3.63) is 23.8 Å². The van der Waals surface area contributed by atoms with E-state index >= 15 is 0 Å². The van der Waals surface area contributed by atoms with Crippen LogP contribution >= 0.6 is 0 Å². The summed E-state index contributed by atoms with van der Waals surface area (Å²) in [7, 11) is 1.52. The number of hydrogen-bond acceptors (Lipinski definition) is 8. The van der Waals surface area contributed by atoms with Crippen molar-refractivity contribution in [3.8, 4) is 5.75 Å². The number of ether oxygens (including phenoxy) is 3. The van der Waals surface area contributed by atoms with E-state index in [4.69, 9.17) is 14.2 Å². The van der Waals surface area contributed by atoms with Gasteiger partial charge in [0.1, 0.15) is 22.6 Å². The normalized spacial score (nSPS) is 21.9. The molecule has 1 unspecified atom stereocenters. The summed E-state index contributed by atoms with van der Waals surface area (Å²) in [5.74, 6) is -1.94. The number of carbonyl (C=O) groups excluding carboxylic acids is 2. The summed E-state index contributed by atoms with van der Waals surface area (Å²) in [4.78, 5) is 32.2. The minimum Gasteiger partial charge on any atom is -0.496 e. The van der Waals surface area contributed by atoms with E-state index in [0.29, 0.717) is 23.5 Å². The van der Waals surface area contributed by atoms with Crippen LogP contribution in [0.3, 0.4) is 0 Å². The van der Waals surface area contributed by atoms with E-state index in [1.807, 2.05) is 0 Å². The Balaban J connectivity index is 2.11. The van der Waals surface area contributed by atoms with Gasteiger partial charge < -0.3 is 14.2 Å². The summed E-state index contributed by atoms with van der Waals surface area (Å²) in [6.45, 7) is 11.0. The van der Waals surface area contributed by atoms with Gasteiger partial charge in [-0.15, -0.1) is 10.2 Å². The molecule has 0 bridgehead atoms. The average Bonchev–Trinajstić information content (AvgIpc) is 3.24. The lowest BCUT2D eigenvalue weighted by atomic mass is 10.1. The molecule has 1 amide bonds. The molecule has 1 atom stereocenters. The first-order valence-electron chi connectivity index (χ1n) is 10.0. The van der Waals surface area contributed by atoms with Gasteiger partial charge in [0.25, 0.3) is 5.79 Å². The highest BCUT2D eigenvalue weighted by atomic mass is 16.6. The minimum absolute atomic E-state index is 0.154. The van der Waals surface area contributed by atoms with Gasteiger partial charge in [0, 0.05) is 13.1 Å². The predicted octanol–water partition coefficient (Wildman–Crippen LogP) is 3.37. The lowest BCUT2D eigenvalue weighted by molar-refractivity contribution is -0.168. The zero-order valence-electron chi connectivity index (χ0n) is 19.0. The van der Waals surface area contributed by atoms with Crippen LogP contribution in [-0.2, 0) is 14.3 Å². The smallest absolute Gasteiger partial charge is 0.413 e. The van der Waals surface area contributed by atoms with E-state index < -0.39 is 29.1 Å². The first-order valence-corrected chi connectivity index (χ1v) is 10.0. The summed E-state index contributed by atoms with van der Waals surface area (Å²) in [6.07, 6.45) is -0.692. The number of fused-ring (bicyclic) bond motifs is 1. The van der Waals surface area contributed by atoms with E-state index in [0.717, 1.165) is 0 Å². The molecule has 0 aromatic heterocycles. The second-order valence-electron chi connectivity index (χ2n) is 9.22. The number of esters is 1. The molecule has 1 fully saturated rings. The Hall–Kier alpha value is -3.01. The monoisotopic (exact) mass is 431 g/mol. The topological polar surface area (TPSA) is 114 Å². The zero-order valence-corrected chi connectivity index (χ0v) is 19.0. The number of methoxy groups -OCH3 is 1. The highest BCUT2D eigenvalue weighted by molar-refractivity contribution is 6.09. The fraction of sp³-hybridized carbons (Fsp3) is 0.571. The van der Waals surface area contributed by atoms with Crippen molar-refractivity contribution in [3.63, 3.8) is 0 Å². The first kappa shape index (κ1) is 22.7. The Labute approximate surface area is 181 Å². The maximum atomic E-state index is 13.4. The van der Waals surface area contributed by atoms with Crippen LogP contribution in [-0.4, -0.2) is 60.0 Å². The number of carbonyl (C=O) groups is 2. The van der Waals surface area contributed by atoms with Crippen molar-refractivity contribution in [1.29, 1.82) is 0 Å². The van der Waals surface area contributed by atoms with Gasteiger partial charge in [0.05, 0.1) is 12.7 Å². The van der Waals surface area contributed by atoms with Crippen LogP contribution in [0.1, 0.15) is 47.1 Å².